The van der Waals surface area contributed by atoms with Gasteiger partial charge >= 0.3 is 5.97 Å². The topological polar surface area (TPSA) is 89.3 Å². The van der Waals surface area contributed by atoms with E-state index >= 15 is 0 Å². The molecule has 1 unspecified atom stereocenters. The third-order valence-corrected chi connectivity index (χ3v) is 5.98. The van der Waals surface area contributed by atoms with Crippen molar-refractivity contribution in [2.24, 2.45) is 0 Å². The van der Waals surface area contributed by atoms with Crippen LogP contribution >= 0.6 is 11.3 Å². The fraction of sp³-hybridized carbons (Fsp3) is 0.263. The average molecular weight is 368 g/mol. The van der Waals surface area contributed by atoms with Crippen LogP contribution in [-0.2, 0) is 17.8 Å². The zero-order valence-corrected chi connectivity index (χ0v) is 14.9. The molecule has 7 heteroatoms. The molecule has 0 amide bonds. The molecule has 1 aliphatic rings. The van der Waals surface area contributed by atoms with Crippen LogP contribution in [-0.4, -0.2) is 26.4 Å². The molecule has 0 saturated carbocycles. The van der Waals surface area contributed by atoms with Crippen molar-refractivity contribution in [2.75, 3.05) is 0 Å². The molecule has 4 rings (SSSR count). The van der Waals surface area contributed by atoms with E-state index in [1.807, 2.05) is 6.07 Å². The van der Waals surface area contributed by atoms with Gasteiger partial charge in [-0.3, -0.25) is 19.0 Å². The van der Waals surface area contributed by atoms with Crippen molar-refractivity contribution in [3.63, 3.8) is 0 Å². The van der Waals surface area contributed by atoms with Crippen LogP contribution in [0.2, 0.25) is 0 Å². The Morgan fingerprint density at radius 1 is 1.31 bits per heavy atom. The second-order valence-corrected chi connectivity index (χ2v) is 7.47. The predicted molar refractivity (Wildman–Crippen MR) is 98.1 cm³/mol. The first-order valence-electron chi connectivity index (χ1n) is 8.31. The van der Waals surface area contributed by atoms with Gasteiger partial charge in [0.05, 0.1) is 17.8 Å². The summed E-state index contributed by atoms with van der Waals surface area (Å²) in [6.45, 7) is 1.58. The third-order valence-electron chi connectivity index (χ3n) is 4.82. The number of fused-ring (bicyclic) bond motifs is 3. The van der Waals surface area contributed by atoms with E-state index in [0.29, 0.717) is 40.0 Å². The van der Waals surface area contributed by atoms with Gasteiger partial charge < -0.3 is 5.11 Å². The molecule has 1 aromatic carbocycles. The Balaban J connectivity index is 1.84. The van der Waals surface area contributed by atoms with Gasteiger partial charge in [-0.15, -0.1) is 11.3 Å². The summed E-state index contributed by atoms with van der Waals surface area (Å²) in [5.74, 6) is -1.32. The SMILES string of the molecule is Cc1nc2sc3c(c2c(=O)n1CC(=O)c1ccccc1)C(C(=O)O)CC3. The van der Waals surface area contributed by atoms with Gasteiger partial charge in [-0.25, -0.2) is 4.98 Å². The number of nitrogens with zero attached hydrogens (tertiary/aromatic N) is 2. The Morgan fingerprint density at radius 2 is 2.04 bits per heavy atom. The molecule has 0 bridgehead atoms. The molecule has 0 fully saturated rings. The number of ketones is 1. The smallest absolute Gasteiger partial charge is 0.311 e. The van der Waals surface area contributed by atoms with Gasteiger partial charge in [-0.05, 0) is 25.3 Å². The van der Waals surface area contributed by atoms with E-state index < -0.39 is 11.9 Å². The van der Waals surface area contributed by atoms with E-state index in [-0.39, 0.29) is 17.9 Å². The first-order valence-corrected chi connectivity index (χ1v) is 9.12. The van der Waals surface area contributed by atoms with Crippen LogP contribution in [0, 0.1) is 6.92 Å². The molecule has 3 aromatic rings. The number of carboxylic acid groups (broad SMARTS) is 1. The lowest BCUT2D eigenvalue weighted by Crippen LogP contribution is -2.28. The zero-order valence-electron chi connectivity index (χ0n) is 14.1. The van der Waals surface area contributed by atoms with Crippen molar-refractivity contribution in [3.8, 4) is 0 Å². The molecular weight excluding hydrogens is 352 g/mol. The number of carbonyl (C=O) groups is 2. The van der Waals surface area contributed by atoms with Crippen molar-refractivity contribution < 1.29 is 14.7 Å². The van der Waals surface area contributed by atoms with Crippen LogP contribution in [0.3, 0.4) is 0 Å². The summed E-state index contributed by atoms with van der Waals surface area (Å²) in [6.07, 6.45) is 1.15. The van der Waals surface area contributed by atoms with Crippen LogP contribution in [0.25, 0.3) is 10.2 Å². The van der Waals surface area contributed by atoms with Crippen LogP contribution < -0.4 is 5.56 Å². The van der Waals surface area contributed by atoms with E-state index in [2.05, 4.69) is 4.98 Å². The molecule has 1 N–H and O–H groups in total. The van der Waals surface area contributed by atoms with E-state index in [4.69, 9.17) is 0 Å². The first-order chi connectivity index (χ1) is 12.5. The fourth-order valence-electron chi connectivity index (χ4n) is 3.52. The largest absolute Gasteiger partial charge is 0.481 e. The summed E-state index contributed by atoms with van der Waals surface area (Å²) < 4.78 is 1.35. The number of thiophene rings is 1. The Kier molecular flexibility index (Phi) is 3.96. The molecule has 132 valence electrons. The number of carbonyl (C=O) groups excluding carboxylic acids is 1. The van der Waals surface area contributed by atoms with E-state index in [1.165, 1.54) is 15.9 Å². The van der Waals surface area contributed by atoms with Crippen molar-refractivity contribution in [1.29, 1.82) is 0 Å². The van der Waals surface area contributed by atoms with Crippen molar-refractivity contribution in [3.05, 3.63) is 62.5 Å². The molecule has 1 atom stereocenters. The van der Waals surface area contributed by atoms with Gasteiger partial charge in [0.1, 0.15) is 10.7 Å². The van der Waals surface area contributed by atoms with E-state index in [1.54, 1.807) is 31.2 Å². The zero-order chi connectivity index (χ0) is 18.4. The lowest BCUT2D eigenvalue weighted by atomic mass is 10.0. The molecular formula is C19H16N2O4S. The van der Waals surface area contributed by atoms with Crippen LogP contribution in [0.1, 0.15) is 39.0 Å². The minimum Gasteiger partial charge on any atom is -0.481 e. The summed E-state index contributed by atoms with van der Waals surface area (Å²) in [5.41, 5.74) is 0.788. The second kappa shape index (κ2) is 6.17. The van der Waals surface area contributed by atoms with Gasteiger partial charge in [0.15, 0.2) is 5.78 Å². The number of carboxylic acids is 1. The summed E-state index contributed by atoms with van der Waals surface area (Å²) in [6, 6.07) is 8.78. The highest BCUT2D eigenvalue weighted by Gasteiger charge is 2.34. The highest BCUT2D eigenvalue weighted by Crippen LogP contribution is 2.42. The number of Topliss-reactive ketones (excluding diaryl/α,β-unsaturated/α-hetero) is 1. The Morgan fingerprint density at radius 3 is 2.73 bits per heavy atom. The van der Waals surface area contributed by atoms with Gasteiger partial charge in [-0.2, -0.15) is 0 Å². The van der Waals surface area contributed by atoms with Gasteiger partial charge in [-0.1, -0.05) is 30.3 Å². The molecule has 1 aliphatic carbocycles. The summed E-state index contributed by atoms with van der Waals surface area (Å²) in [4.78, 5) is 43.1. The maximum atomic E-state index is 13.1. The molecule has 2 aromatic heterocycles. The van der Waals surface area contributed by atoms with Gasteiger partial charge in [0.2, 0.25) is 0 Å². The molecule has 0 aliphatic heterocycles. The molecule has 2 heterocycles. The number of aryl methyl sites for hydroxylation is 2. The Hall–Kier alpha value is -2.80. The van der Waals surface area contributed by atoms with Crippen molar-refractivity contribution >= 4 is 33.3 Å². The number of rotatable bonds is 4. The highest BCUT2D eigenvalue weighted by molar-refractivity contribution is 7.18. The molecule has 0 radical (unpaired) electrons. The van der Waals surface area contributed by atoms with E-state index in [9.17, 15) is 19.5 Å². The number of aromatic nitrogens is 2. The van der Waals surface area contributed by atoms with Gasteiger partial charge in [0, 0.05) is 10.4 Å². The lowest BCUT2D eigenvalue weighted by Gasteiger charge is -2.10. The maximum Gasteiger partial charge on any atom is 0.311 e. The summed E-state index contributed by atoms with van der Waals surface area (Å²) >= 11 is 1.39. The minimum atomic E-state index is -0.921. The lowest BCUT2D eigenvalue weighted by molar-refractivity contribution is -0.138. The standard InChI is InChI=1S/C19H16N2O4S/c1-10-20-17-16(15-12(19(24)25)7-8-14(15)26-17)18(23)21(10)9-13(22)11-5-3-2-4-6-11/h2-6,12H,7-9H2,1H3,(H,24,25). The monoisotopic (exact) mass is 368 g/mol. The van der Waals surface area contributed by atoms with Crippen LogP contribution in [0.15, 0.2) is 35.1 Å². The van der Waals surface area contributed by atoms with Crippen molar-refractivity contribution in [1.82, 2.24) is 9.55 Å². The number of hydrogen-bond donors (Lipinski definition) is 1. The van der Waals surface area contributed by atoms with Crippen LogP contribution in [0.4, 0.5) is 0 Å². The molecule has 26 heavy (non-hydrogen) atoms. The average Bonchev–Trinajstić information content (AvgIpc) is 3.17. The quantitative estimate of drug-likeness (QED) is 0.715. The number of aliphatic carboxylic acids is 1. The number of benzene rings is 1. The summed E-state index contributed by atoms with van der Waals surface area (Å²) in [7, 11) is 0. The van der Waals surface area contributed by atoms with E-state index in [0.717, 1.165) is 4.88 Å². The van der Waals surface area contributed by atoms with Gasteiger partial charge in [0.25, 0.3) is 5.56 Å². The maximum absolute atomic E-state index is 13.1. The molecule has 0 spiro atoms. The highest BCUT2D eigenvalue weighted by atomic mass is 32.1. The Labute approximate surface area is 152 Å². The molecule has 6 nitrogen and oxygen atoms in total. The molecule has 0 saturated heterocycles. The normalized spacial score (nSPS) is 16.0. The predicted octanol–water partition coefficient (Wildman–Crippen LogP) is 2.76. The van der Waals surface area contributed by atoms with Crippen molar-refractivity contribution in [2.45, 2.75) is 32.2 Å². The summed E-state index contributed by atoms with van der Waals surface area (Å²) in [5, 5.41) is 9.83. The second-order valence-electron chi connectivity index (χ2n) is 6.39. The minimum absolute atomic E-state index is 0.111. The fourth-order valence-corrected chi connectivity index (χ4v) is 4.80. The number of hydrogen-bond acceptors (Lipinski definition) is 5. The Bertz CT molecular complexity index is 1100. The first kappa shape index (κ1) is 16.7. The van der Waals surface area contributed by atoms with Crippen LogP contribution in [0.5, 0.6) is 0 Å². The third kappa shape index (κ3) is 2.55.